The van der Waals surface area contributed by atoms with Gasteiger partial charge in [-0.3, -0.25) is 4.90 Å². The summed E-state index contributed by atoms with van der Waals surface area (Å²) in [5.74, 6) is 6.34. The monoisotopic (exact) mass is 494 g/mol. The number of nitrogen functional groups attached to an aromatic ring is 1. The Kier molecular flexibility index (Phi) is 7.36. The molecule has 1 aliphatic carbocycles. The number of hydrogen-bond donors (Lipinski definition) is 1. The molecule has 2 aromatic rings. The van der Waals surface area contributed by atoms with Crippen LogP contribution in [0.2, 0.25) is 0 Å². The number of allylic oxidation sites excluding steroid dienone is 1. The summed E-state index contributed by atoms with van der Waals surface area (Å²) >= 11 is 3.49. The number of amides is 1. The fourth-order valence-corrected chi connectivity index (χ4v) is 4.33. The third kappa shape index (κ3) is 5.75. The lowest BCUT2D eigenvalue weighted by Gasteiger charge is -2.36. The highest BCUT2D eigenvalue weighted by Gasteiger charge is 2.53. The van der Waals surface area contributed by atoms with E-state index in [0.717, 1.165) is 22.9 Å². The molecule has 32 heavy (non-hydrogen) atoms. The maximum atomic E-state index is 13.4. The standard InChI is InChI=1S/C27H31BrN2O2/c1-5-6-12-24(27(16-17-27)21-10-8-7-9-11-21)30(25(31)32-26(2,3)4)18-15-20-13-14-23(29)22(28)19-20/h5,7-11,13-14,19,24H,1,15-18,29H2,2-4H3/t24-/m1/s1. The predicted molar refractivity (Wildman–Crippen MR) is 134 cm³/mol. The van der Waals surface area contributed by atoms with Gasteiger partial charge in [0.1, 0.15) is 11.6 Å². The van der Waals surface area contributed by atoms with E-state index >= 15 is 0 Å². The fourth-order valence-electron chi connectivity index (χ4n) is 3.90. The van der Waals surface area contributed by atoms with Crippen LogP contribution in [0, 0.1) is 11.8 Å². The number of benzene rings is 2. The zero-order valence-corrected chi connectivity index (χ0v) is 20.6. The van der Waals surface area contributed by atoms with Crippen molar-refractivity contribution in [3.05, 3.63) is 76.8 Å². The first-order valence-corrected chi connectivity index (χ1v) is 11.7. The number of ether oxygens (including phenoxy) is 1. The Balaban J connectivity index is 1.96. The molecule has 0 saturated heterocycles. The average Bonchev–Trinajstić information content (AvgIpc) is 3.54. The molecule has 0 bridgehead atoms. The van der Waals surface area contributed by atoms with Crippen LogP contribution >= 0.6 is 15.9 Å². The van der Waals surface area contributed by atoms with E-state index in [4.69, 9.17) is 10.5 Å². The largest absolute Gasteiger partial charge is 0.444 e. The van der Waals surface area contributed by atoms with Gasteiger partial charge in [-0.15, -0.1) is 0 Å². The van der Waals surface area contributed by atoms with Crippen molar-refractivity contribution < 1.29 is 9.53 Å². The quantitative estimate of drug-likeness (QED) is 0.389. The molecule has 1 fully saturated rings. The Hall–Kier alpha value is -2.71. The smallest absolute Gasteiger partial charge is 0.411 e. The van der Waals surface area contributed by atoms with Crippen LogP contribution in [0.5, 0.6) is 0 Å². The Morgan fingerprint density at radius 2 is 1.97 bits per heavy atom. The van der Waals surface area contributed by atoms with Crippen LogP contribution in [-0.2, 0) is 16.6 Å². The molecule has 1 atom stereocenters. The highest BCUT2D eigenvalue weighted by Crippen LogP contribution is 2.52. The van der Waals surface area contributed by atoms with E-state index in [1.165, 1.54) is 5.56 Å². The van der Waals surface area contributed by atoms with Crippen molar-refractivity contribution in [3.8, 4) is 11.8 Å². The molecule has 2 N–H and O–H groups in total. The molecule has 1 amide bonds. The van der Waals surface area contributed by atoms with Crippen LogP contribution in [0.1, 0.15) is 44.7 Å². The van der Waals surface area contributed by atoms with E-state index in [1.54, 1.807) is 11.0 Å². The van der Waals surface area contributed by atoms with Crippen molar-refractivity contribution in [2.75, 3.05) is 12.3 Å². The average molecular weight is 495 g/mol. The summed E-state index contributed by atoms with van der Waals surface area (Å²) in [5.41, 5.74) is 8.11. The first kappa shape index (κ1) is 23.9. The molecular weight excluding hydrogens is 464 g/mol. The second-order valence-corrected chi connectivity index (χ2v) is 10.1. The fraction of sp³-hybridized carbons (Fsp3) is 0.370. The number of hydrogen-bond acceptors (Lipinski definition) is 3. The summed E-state index contributed by atoms with van der Waals surface area (Å²) in [6, 6.07) is 15.9. The van der Waals surface area contributed by atoms with E-state index in [9.17, 15) is 4.79 Å². The molecule has 4 nitrogen and oxygen atoms in total. The van der Waals surface area contributed by atoms with Gasteiger partial charge in [0.2, 0.25) is 0 Å². The Morgan fingerprint density at radius 1 is 1.28 bits per heavy atom. The summed E-state index contributed by atoms with van der Waals surface area (Å²) in [5, 5.41) is 0. The first-order valence-electron chi connectivity index (χ1n) is 10.9. The van der Waals surface area contributed by atoms with Crippen LogP contribution in [0.25, 0.3) is 0 Å². The minimum absolute atomic E-state index is 0.199. The molecular formula is C27H31BrN2O2. The van der Waals surface area contributed by atoms with Crippen LogP contribution in [0.3, 0.4) is 0 Å². The molecule has 2 aromatic carbocycles. The number of nitrogens with two attached hydrogens (primary N) is 1. The van der Waals surface area contributed by atoms with Crippen molar-refractivity contribution >= 4 is 27.7 Å². The molecule has 0 radical (unpaired) electrons. The lowest BCUT2D eigenvalue weighted by atomic mass is 9.87. The van der Waals surface area contributed by atoms with Gasteiger partial charge >= 0.3 is 6.09 Å². The minimum atomic E-state index is -0.598. The Labute approximate surface area is 200 Å². The van der Waals surface area contributed by atoms with Crippen LogP contribution < -0.4 is 5.73 Å². The summed E-state index contributed by atoms with van der Waals surface area (Å²) in [6.07, 6.45) is 3.84. The van der Waals surface area contributed by atoms with Gasteiger partial charge < -0.3 is 10.5 Å². The van der Waals surface area contributed by atoms with E-state index in [1.807, 2.05) is 57.2 Å². The summed E-state index contributed by atoms with van der Waals surface area (Å²) < 4.78 is 6.67. The highest BCUT2D eigenvalue weighted by atomic mass is 79.9. The number of rotatable bonds is 6. The van der Waals surface area contributed by atoms with Gasteiger partial charge in [-0.2, -0.15) is 0 Å². The lowest BCUT2D eigenvalue weighted by Crippen LogP contribution is -2.49. The molecule has 0 unspecified atom stereocenters. The number of halogens is 1. The molecule has 168 valence electrons. The van der Waals surface area contributed by atoms with Gasteiger partial charge in [-0.1, -0.05) is 54.8 Å². The van der Waals surface area contributed by atoms with E-state index in [0.29, 0.717) is 18.7 Å². The maximum absolute atomic E-state index is 13.4. The molecule has 1 aliphatic rings. The summed E-state index contributed by atoms with van der Waals surface area (Å²) in [7, 11) is 0. The van der Waals surface area contributed by atoms with Crippen molar-refractivity contribution in [1.82, 2.24) is 4.90 Å². The zero-order valence-electron chi connectivity index (χ0n) is 19.0. The SMILES string of the molecule is C=CC#C[C@@H](N(CCc1ccc(N)c(Br)c1)C(=O)OC(C)(C)C)C1(c2ccccc2)CC1. The highest BCUT2D eigenvalue weighted by molar-refractivity contribution is 9.10. The van der Waals surface area contributed by atoms with Crippen LogP contribution in [-0.4, -0.2) is 29.2 Å². The molecule has 1 saturated carbocycles. The minimum Gasteiger partial charge on any atom is -0.444 e. The van der Waals surface area contributed by atoms with E-state index in [-0.39, 0.29) is 17.6 Å². The van der Waals surface area contributed by atoms with Gasteiger partial charge in [0.25, 0.3) is 0 Å². The van der Waals surface area contributed by atoms with Crippen molar-refractivity contribution in [3.63, 3.8) is 0 Å². The number of anilines is 1. The third-order valence-electron chi connectivity index (χ3n) is 5.63. The number of carbonyl (C=O) groups excluding carboxylic acids is 1. The summed E-state index contributed by atoms with van der Waals surface area (Å²) in [4.78, 5) is 15.2. The summed E-state index contributed by atoms with van der Waals surface area (Å²) in [6.45, 7) is 9.89. The van der Waals surface area contributed by atoms with Crippen molar-refractivity contribution in [2.24, 2.45) is 0 Å². The molecule has 0 aromatic heterocycles. The number of carbonyl (C=O) groups is 1. The maximum Gasteiger partial charge on any atom is 0.411 e. The molecule has 0 heterocycles. The lowest BCUT2D eigenvalue weighted by molar-refractivity contribution is 0.0178. The van der Waals surface area contributed by atoms with Crippen molar-refractivity contribution in [1.29, 1.82) is 0 Å². The zero-order chi connectivity index (χ0) is 23.4. The van der Waals surface area contributed by atoms with Gasteiger partial charge in [-0.05, 0) is 85.3 Å². The Bertz CT molecular complexity index is 1030. The molecule has 0 aliphatic heterocycles. The van der Waals surface area contributed by atoms with Crippen molar-refractivity contribution in [2.45, 2.75) is 57.1 Å². The Morgan fingerprint density at radius 3 is 2.53 bits per heavy atom. The first-order chi connectivity index (χ1) is 15.2. The topological polar surface area (TPSA) is 55.6 Å². The third-order valence-corrected chi connectivity index (χ3v) is 6.32. The van der Waals surface area contributed by atoms with Gasteiger partial charge in [-0.25, -0.2) is 4.79 Å². The second-order valence-electron chi connectivity index (χ2n) is 9.20. The predicted octanol–water partition coefficient (Wildman–Crippen LogP) is 6.10. The van der Waals surface area contributed by atoms with Gasteiger partial charge in [0.05, 0.1) is 0 Å². The van der Waals surface area contributed by atoms with Crippen LogP contribution in [0.15, 0.2) is 65.7 Å². The normalized spacial score (nSPS) is 15.1. The number of nitrogens with zero attached hydrogens (tertiary/aromatic N) is 1. The van der Waals surface area contributed by atoms with Crippen LogP contribution in [0.4, 0.5) is 10.5 Å². The van der Waals surface area contributed by atoms with Gasteiger partial charge in [0, 0.05) is 22.1 Å². The second kappa shape index (κ2) is 9.83. The van der Waals surface area contributed by atoms with E-state index < -0.39 is 5.60 Å². The molecule has 0 spiro atoms. The van der Waals surface area contributed by atoms with Gasteiger partial charge in [0.15, 0.2) is 0 Å². The molecule has 3 rings (SSSR count). The van der Waals surface area contributed by atoms with E-state index in [2.05, 4.69) is 46.5 Å². The molecule has 5 heteroatoms.